The van der Waals surface area contributed by atoms with Gasteiger partial charge in [0.1, 0.15) is 0 Å². The van der Waals surface area contributed by atoms with Crippen molar-refractivity contribution in [1.82, 2.24) is 9.80 Å². The van der Waals surface area contributed by atoms with E-state index in [1.165, 1.54) is 37.8 Å². The molecule has 0 unspecified atom stereocenters. The Morgan fingerprint density at radius 3 is 1.38 bits per heavy atom. The minimum Gasteiger partial charge on any atom is -0.371 e. The number of carbonyl (C=O) groups is 2. The molecule has 0 spiro atoms. The van der Waals surface area contributed by atoms with Gasteiger partial charge in [0.15, 0.2) is 0 Å². The van der Waals surface area contributed by atoms with Crippen LogP contribution in [0.25, 0.3) is 0 Å². The van der Waals surface area contributed by atoms with Crippen LogP contribution in [0.15, 0.2) is 23.5 Å². The SMILES string of the molecule is CCCCCCN(C)C1=CC(=O)C(N(C)CCCCCC)=CC1=O. The number of hydrogen-bond donors (Lipinski definition) is 0. The van der Waals surface area contributed by atoms with Gasteiger partial charge in [0.05, 0.1) is 11.4 Å². The third kappa shape index (κ3) is 6.50. The predicted molar refractivity (Wildman–Crippen MR) is 99.7 cm³/mol. The van der Waals surface area contributed by atoms with Gasteiger partial charge in [-0.2, -0.15) is 0 Å². The summed E-state index contributed by atoms with van der Waals surface area (Å²) < 4.78 is 0. The van der Waals surface area contributed by atoms with Gasteiger partial charge in [0.25, 0.3) is 0 Å². The zero-order chi connectivity index (χ0) is 17.9. The number of likely N-dealkylation sites (N-methyl/N-ethyl adjacent to an activating group) is 2. The maximum atomic E-state index is 12.4. The largest absolute Gasteiger partial charge is 0.371 e. The second-order valence-electron chi connectivity index (χ2n) is 6.75. The quantitative estimate of drug-likeness (QED) is 0.400. The fourth-order valence-electron chi connectivity index (χ4n) is 2.93. The van der Waals surface area contributed by atoms with Gasteiger partial charge in [0.2, 0.25) is 11.6 Å². The van der Waals surface area contributed by atoms with E-state index in [-0.39, 0.29) is 11.6 Å². The molecule has 0 aromatic heterocycles. The van der Waals surface area contributed by atoms with Crippen LogP contribution in [0.1, 0.15) is 65.2 Å². The molecule has 0 atom stereocenters. The monoisotopic (exact) mass is 334 g/mol. The fraction of sp³-hybridized carbons (Fsp3) is 0.700. The van der Waals surface area contributed by atoms with Gasteiger partial charge < -0.3 is 9.80 Å². The normalized spacial score (nSPS) is 14.5. The van der Waals surface area contributed by atoms with Crippen molar-refractivity contribution >= 4 is 11.6 Å². The first-order chi connectivity index (χ1) is 11.5. The number of carbonyl (C=O) groups excluding carboxylic acids is 2. The van der Waals surface area contributed by atoms with Gasteiger partial charge in [-0.25, -0.2) is 0 Å². The standard InChI is InChI=1S/C20H34N2O2/c1-5-7-9-11-13-21(3)17-15-20(24)18(16-19(17)23)22(4)14-12-10-8-6-2/h15-16H,5-14H2,1-4H3. The topological polar surface area (TPSA) is 40.6 Å². The molecular weight excluding hydrogens is 300 g/mol. The van der Waals surface area contributed by atoms with Gasteiger partial charge in [-0.3, -0.25) is 9.59 Å². The van der Waals surface area contributed by atoms with E-state index in [4.69, 9.17) is 0 Å². The number of nitrogens with zero attached hydrogens (tertiary/aromatic N) is 2. The smallest absolute Gasteiger partial charge is 0.204 e. The minimum atomic E-state index is -0.0528. The van der Waals surface area contributed by atoms with Crippen LogP contribution < -0.4 is 0 Å². The van der Waals surface area contributed by atoms with E-state index in [2.05, 4.69) is 13.8 Å². The highest BCUT2D eigenvalue weighted by Crippen LogP contribution is 2.18. The molecule has 0 saturated carbocycles. The van der Waals surface area contributed by atoms with Crippen molar-refractivity contribution in [3.63, 3.8) is 0 Å². The van der Waals surface area contributed by atoms with E-state index in [0.29, 0.717) is 11.4 Å². The highest BCUT2D eigenvalue weighted by molar-refractivity contribution is 6.19. The fourth-order valence-corrected chi connectivity index (χ4v) is 2.93. The van der Waals surface area contributed by atoms with Crippen LogP contribution in [-0.4, -0.2) is 48.6 Å². The molecule has 0 saturated heterocycles. The maximum Gasteiger partial charge on any atom is 0.204 e. The number of rotatable bonds is 12. The highest BCUT2D eigenvalue weighted by atomic mass is 16.1. The molecule has 0 aromatic rings. The molecule has 4 heteroatoms. The summed E-state index contributed by atoms with van der Waals surface area (Å²) in [5.74, 6) is -0.106. The minimum absolute atomic E-state index is 0.0528. The molecule has 0 bridgehead atoms. The molecule has 0 N–H and O–H groups in total. The Bertz CT molecular complexity index is 436. The Morgan fingerprint density at radius 1 is 0.667 bits per heavy atom. The third-order valence-corrected chi connectivity index (χ3v) is 4.56. The number of ketones is 2. The Morgan fingerprint density at radius 2 is 1.04 bits per heavy atom. The summed E-state index contributed by atoms with van der Waals surface area (Å²) >= 11 is 0. The molecule has 0 aromatic carbocycles. The summed E-state index contributed by atoms with van der Waals surface area (Å²) in [6, 6.07) is 0. The lowest BCUT2D eigenvalue weighted by Gasteiger charge is -2.27. The highest BCUT2D eigenvalue weighted by Gasteiger charge is 2.24. The molecule has 0 amide bonds. The molecule has 24 heavy (non-hydrogen) atoms. The first kappa shape index (κ1) is 20.5. The van der Waals surface area contributed by atoms with Crippen LogP contribution in [-0.2, 0) is 9.59 Å². The van der Waals surface area contributed by atoms with E-state index in [0.717, 1.165) is 38.8 Å². The van der Waals surface area contributed by atoms with Crippen LogP contribution in [0.5, 0.6) is 0 Å². The average molecular weight is 335 g/mol. The lowest BCUT2D eigenvalue weighted by Crippen LogP contribution is -2.32. The lowest BCUT2D eigenvalue weighted by atomic mass is 10.0. The van der Waals surface area contributed by atoms with Gasteiger partial charge in [-0.1, -0.05) is 52.4 Å². The Balaban J connectivity index is 2.56. The van der Waals surface area contributed by atoms with E-state index in [1.807, 2.05) is 23.9 Å². The zero-order valence-corrected chi connectivity index (χ0v) is 15.9. The van der Waals surface area contributed by atoms with Crippen molar-refractivity contribution in [2.45, 2.75) is 65.2 Å². The van der Waals surface area contributed by atoms with Crippen LogP contribution in [0.4, 0.5) is 0 Å². The summed E-state index contributed by atoms with van der Waals surface area (Å²) in [4.78, 5) is 28.6. The van der Waals surface area contributed by atoms with Crippen molar-refractivity contribution in [3.05, 3.63) is 23.5 Å². The molecule has 4 nitrogen and oxygen atoms in total. The van der Waals surface area contributed by atoms with Gasteiger partial charge in [-0.05, 0) is 12.8 Å². The lowest BCUT2D eigenvalue weighted by molar-refractivity contribution is -0.117. The Labute approximate surface area is 147 Å². The van der Waals surface area contributed by atoms with Gasteiger partial charge in [-0.15, -0.1) is 0 Å². The summed E-state index contributed by atoms with van der Waals surface area (Å²) in [7, 11) is 3.80. The van der Waals surface area contributed by atoms with E-state index >= 15 is 0 Å². The second kappa shape index (κ2) is 11.1. The molecule has 1 rings (SSSR count). The molecular formula is C20H34N2O2. The van der Waals surface area contributed by atoms with Crippen molar-refractivity contribution in [2.24, 2.45) is 0 Å². The average Bonchev–Trinajstić information content (AvgIpc) is 2.57. The molecule has 1 aliphatic rings. The summed E-state index contributed by atoms with van der Waals surface area (Å²) in [5, 5.41) is 0. The number of unbranched alkanes of at least 4 members (excludes halogenated alkanes) is 6. The van der Waals surface area contributed by atoms with Crippen LogP contribution in [0.2, 0.25) is 0 Å². The predicted octanol–water partition coefficient (Wildman–Crippen LogP) is 3.93. The van der Waals surface area contributed by atoms with Gasteiger partial charge in [0, 0.05) is 39.3 Å². The molecule has 136 valence electrons. The maximum absolute atomic E-state index is 12.4. The first-order valence-corrected chi connectivity index (χ1v) is 9.45. The molecule has 1 aliphatic carbocycles. The molecule has 0 aliphatic heterocycles. The van der Waals surface area contributed by atoms with Crippen LogP contribution in [0.3, 0.4) is 0 Å². The Kier molecular flexibility index (Phi) is 9.43. The van der Waals surface area contributed by atoms with Gasteiger partial charge >= 0.3 is 0 Å². The number of allylic oxidation sites excluding steroid dienone is 2. The number of hydrogen-bond acceptors (Lipinski definition) is 4. The van der Waals surface area contributed by atoms with Crippen LogP contribution in [0, 0.1) is 0 Å². The van der Waals surface area contributed by atoms with Crippen molar-refractivity contribution < 1.29 is 9.59 Å². The van der Waals surface area contributed by atoms with E-state index < -0.39 is 0 Å². The van der Waals surface area contributed by atoms with E-state index in [9.17, 15) is 9.59 Å². The zero-order valence-electron chi connectivity index (χ0n) is 15.9. The van der Waals surface area contributed by atoms with Crippen LogP contribution >= 0.6 is 0 Å². The van der Waals surface area contributed by atoms with E-state index in [1.54, 1.807) is 0 Å². The molecule has 0 fully saturated rings. The Hall–Kier alpha value is -1.58. The molecule has 0 heterocycles. The van der Waals surface area contributed by atoms with Crippen molar-refractivity contribution in [3.8, 4) is 0 Å². The van der Waals surface area contributed by atoms with Crippen molar-refractivity contribution in [1.29, 1.82) is 0 Å². The second-order valence-corrected chi connectivity index (χ2v) is 6.75. The van der Waals surface area contributed by atoms with Crippen molar-refractivity contribution in [2.75, 3.05) is 27.2 Å². The summed E-state index contributed by atoms with van der Waals surface area (Å²) in [6.07, 6.45) is 12.3. The first-order valence-electron chi connectivity index (χ1n) is 9.45. The third-order valence-electron chi connectivity index (χ3n) is 4.56. The molecule has 0 radical (unpaired) electrons. The summed E-state index contributed by atoms with van der Waals surface area (Å²) in [6.45, 7) is 6.00. The summed E-state index contributed by atoms with van der Waals surface area (Å²) in [5.41, 5.74) is 1.05.